The molecule has 0 spiro atoms. The predicted octanol–water partition coefficient (Wildman–Crippen LogP) is 0.969. The molecule has 1 aromatic heterocycles. The third kappa shape index (κ3) is 4.07. The molecule has 1 aromatic rings. The van der Waals surface area contributed by atoms with E-state index in [4.69, 9.17) is 0 Å². The lowest BCUT2D eigenvalue weighted by Crippen LogP contribution is -2.37. The minimum Gasteiger partial charge on any atom is -0.343 e. The average molecular weight is 248 g/mol. The van der Waals surface area contributed by atoms with Crippen LogP contribution in [-0.2, 0) is 11.3 Å². The number of carbonyl (C=O) groups is 1. The van der Waals surface area contributed by atoms with Gasteiger partial charge in [-0.1, -0.05) is 0 Å². The molecule has 2 heterocycles. The molecule has 0 radical (unpaired) electrons. The summed E-state index contributed by atoms with van der Waals surface area (Å²) in [5, 5.41) is 3.24. The molecule has 1 amide bonds. The normalized spacial score (nSPS) is 15.7. The first-order chi connectivity index (χ1) is 8.86. The molecule has 0 unspecified atom stereocenters. The summed E-state index contributed by atoms with van der Waals surface area (Å²) in [4.78, 5) is 21.7. The Hall–Kier alpha value is -1.49. The Balaban J connectivity index is 1.61. The molecule has 98 valence electrons. The third-order valence-corrected chi connectivity index (χ3v) is 3.17. The van der Waals surface area contributed by atoms with Gasteiger partial charge >= 0.3 is 0 Å². The van der Waals surface area contributed by atoms with E-state index >= 15 is 0 Å². The highest BCUT2D eigenvalue weighted by atomic mass is 16.2. The lowest BCUT2D eigenvalue weighted by atomic mass is 10.1. The van der Waals surface area contributed by atoms with Crippen molar-refractivity contribution in [3.05, 3.63) is 24.3 Å². The molecule has 1 saturated heterocycles. The fourth-order valence-electron chi connectivity index (χ4n) is 2.15. The molecule has 1 fully saturated rings. The van der Waals surface area contributed by atoms with Crippen LogP contribution in [0.2, 0.25) is 0 Å². The summed E-state index contributed by atoms with van der Waals surface area (Å²) >= 11 is 0. The molecule has 0 saturated carbocycles. The van der Waals surface area contributed by atoms with Crippen LogP contribution in [0.1, 0.15) is 31.2 Å². The number of piperidine rings is 1. The van der Waals surface area contributed by atoms with Gasteiger partial charge in [0.2, 0.25) is 5.91 Å². The van der Waals surface area contributed by atoms with E-state index in [1.807, 2.05) is 4.90 Å². The summed E-state index contributed by atoms with van der Waals surface area (Å²) in [7, 11) is 0. The topological polar surface area (TPSA) is 58.1 Å². The molecule has 1 N–H and O–H groups in total. The number of aromatic nitrogens is 2. The summed E-state index contributed by atoms with van der Waals surface area (Å²) in [6.07, 6.45) is 9.23. The van der Waals surface area contributed by atoms with Gasteiger partial charge in [0.05, 0.1) is 0 Å². The zero-order valence-corrected chi connectivity index (χ0v) is 10.6. The summed E-state index contributed by atoms with van der Waals surface area (Å²) in [6, 6.07) is 0. The zero-order valence-electron chi connectivity index (χ0n) is 10.6. The Labute approximate surface area is 108 Å². The lowest BCUT2D eigenvalue weighted by molar-refractivity contribution is -0.131. The number of likely N-dealkylation sites (tertiary alicyclic amines) is 1. The number of carbonyl (C=O) groups excluding carboxylic acids is 1. The second-order valence-corrected chi connectivity index (χ2v) is 4.61. The van der Waals surface area contributed by atoms with E-state index in [1.165, 1.54) is 12.7 Å². The Bertz CT molecular complexity index is 363. The number of rotatable bonds is 5. The van der Waals surface area contributed by atoms with Crippen LogP contribution in [0.4, 0.5) is 0 Å². The van der Waals surface area contributed by atoms with Crippen molar-refractivity contribution in [2.24, 2.45) is 0 Å². The van der Waals surface area contributed by atoms with Crippen molar-refractivity contribution >= 4 is 5.91 Å². The van der Waals surface area contributed by atoms with Crippen molar-refractivity contribution in [3.63, 3.8) is 0 Å². The number of hydrogen-bond donors (Lipinski definition) is 1. The van der Waals surface area contributed by atoms with Gasteiger partial charge in [0.15, 0.2) is 0 Å². The van der Waals surface area contributed by atoms with E-state index in [1.54, 1.807) is 12.4 Å². The number of amides is 1. The van der Waals surface area contributed by atoms with Crippen LogP contribution in [0.3, 0.4) is 0 Å². The number of nitrogens with zero attached hydrogens (tertiary/aromatic N) is 3. The van der Waals surface area contributed by atoms with Crippen molar-refractivity contribution in [2.45, 2.75) is 32.2 Å². The third-order valence-electron chi connectivity index (χ3n) is 3.17. The van der Waals surface area contributed by atoms with Crippen LogP contribution in [0, 0.1) is 0 Å². The second kappa shape index (κ2) is 7.06. The predicted molar refractivity (Wildman–Crippen MR) is 68.8 cm³/mol. The van der Waals surface area contributed by atoms with Gasteiger partial charge in [-0.15, -0.1) is 0 Å². The van der Waals surface area contributed by atoms with Crippen LogP contribution in [0.5, 0.6) is 0 Å². The van der Waals surface area contributed by atoms with Gasteiger partial charge < -0.3 is 10.2 Å². The van der Waals surface area contributed by atoms with Crippen LogP contribution in [-0.4, -0.2) is 40.4 Å². The largest absolute Gasteiger partial charge is 0.343 e. The second-order valence-electron chi connectivity index (χ2n) is 4.61. The Kier molecular flexibility index (Phi) is 5.08. The van der Waals surface area contributed by atoms with E-state index in [0.29, 0.717) is 19.5 Å². The van der Waals surface area contributed by atoms with E-state index < -0.39 is 0 Å². The fraction of sp³-hybridized carbons (Fsp3) is 0.615. The highest BCUT2D eigenvalue weighted by Gasteiger charge is 2.15. The Morgan fingerprint density at radius 2 is 1.94 bits per heavy atom. The minimum atomic E-state index is 0.270. The van der Waals surface area contributed by atoms with Crippen molar-refractivity contribution in [2.75, 3.05) is 19.6 Å². The van der Waals surface area contributed by atoms with Gasteiger partial charge in [-0.3, -0.25) is 4.79 Å². The van der Waals surface area contributed by atoms with Gasteiger partial charge in [-0.2, -0.15) is 0 Å². The zero-order chi connectivity index (χ0) is 12.6. The van der Waals surface area contributed by atoms with E-state index in [-0.39, 0.29) is 5.91 Å². The summed E-state index contributed by atoms with van der Waals surface area (Å²) < 4.78 is 0. The van der Waals surface area contributed by atoms with Crippen molar-refractivity contribution in [1.82, 2.24) is 20.2 Å². The molecular weight excluding hydrogens is 228 g/mol. The first-order valence-corrected chi connectivity index (χ1v) is 6.58. The maximum atomic E-state index is 11.9. The summed E-state index contributed by atoms with van der Waals surface area (Å²) in [5.41, 5.74) is 1.04. The van der Waals surface area contributed by atoms with Crippen LogP contribution in [0.25, 0.3) is 0 Å². The molecule has 5 heteroatoms. The molecule has 0 bridgehead atoms. The molecule has 0 aromatic carbocycles. The maximum Gasteiger partial charge on any atom is 0.223 e. The lowest BCUT2D eigenvalue weighted by Gasteiger charge is -2.26. The average Bonchev–Trinajstić information content (AvgIpc) is 2.45. The SMILES string of the molecule is O=C(CCNCc1cncnc1)N1CCCCC1. The van der Waals surface area contributed by atoms with E-state index in [0.717, 1.165) is 31.5 Å². The highest BCUT2D eigenvalue weighted by Crippen LogP contribution is 2.09. The molecule has 0 atom stereocenters. The monoisotopic (exact) mass is 248 g/mol. The number of nitrogens with one attached hydrogen (secondary N) is 1. The molecule has 18 heavy (non-hydrogen) atoms. The smallest absolute Gasteiger partial charge is 0.223 e. The maximum absolute atomic E-state index is 11.9. The van der Waals surface area contributed by atoms with Gasteiger partial charge in [0.25, 0.3) is 0 Å². The van der Waals surface area contributed by atoms with Crippen molar-refractivity contribution in [1.29, 1.82) is 0 Å². The van der Waals surface area contributed by atoms with Gasteiger partial charge in [-0.25, -0.2) is 9.97 Å². The van der Waals surface area contributed by atoms with Crippen LogP contribution < -0.4 is 5.32 Å². The Morgan fingerprint density at radius 3 is 2.67 bits per heavy atom. The van der Waals surface area contributed by atoms with Gasteiger partial charge in [0.1, 0.15) is 6.33 Å². The van der Waals surface area contributed by atoms with E-state index in [9.17, 15) is 4.79 Å². The number of hydrogen-bond acceptors (Lipinski definition) is 4. The quantitative estimate of drug-likeness (QED) is 0.789. The van der Waals surface area contributed by atoms with E-state index in [2.05, 4.69) is 15.3 Å². The van der Waals surface area contributed by atoms with Gasteiger partial charge in [0, 0.05) is 50.6 Å². The van der Waals surface area contributed by atoms with Crippen LogP contribution in [0.15, 0.2) is 18.7 Å². The van der Waals surface area contributed by atoms with Crippen molar-refractivity contribution in [3.8, 4) is 0 Å². The summed E-state index contributed by atoms with van der Waals surface area (Å²) in [5.74, 6) is 0.270. The van der Waals surface area contributed by atoms with Gasteiger partial charge in [-0.05, 0) is 19.3 Å². The standard InChI is InChI=1S/C13H20N4O/c18-13(17-6-2-1-3-7-17)4-5-14-8-12-9-15-11-16-10-12/h9-11,14H,1-8H2. The van der Waals surface area contributed by atoms with Crippen LogP contribution >= 0.6 is 0 Å². The molecule has 1 aliphatic heterocycles. The summed E-state index contributed by atoms with van der Waals surface area (Å²) in [6.45, 7) is 3.30. The first kappa shape index (κ1) is 13.0. The van der Waals surface area contributed by atoms with Crippen molar-refractivity contribution < 1.29 is 4.79 Å². The fourth-order valence-corrected chi connectivity index (χ4v) is 2.15. The molecule has 5 nitrogen and oxygen atoms in total. The molecule has 0 aliphatic carbocycles. The Morgan fingerprint density at radius 1 is 1.22 bits per heavy atom. The highest BCUT2D eigenvalue weighted by molar-refractivity contribution is 5.76. The molecule has 2 rings (SSSR count). The molecule has 1 aliphatic rings. The minimum absolute atomic E-state index is 0.270. The first-order valence-electron chi connectivity index (χ1n) is 6.58. The molecular formula is C13H20N4O.